The summed E-state index contributed by atoms with van der Waals surface area (Å²) in [6, 6.07) is 6.95. The predicted octanol–water partition coefficient (Wildman–Crippen LogP) is 5.59. The van der Waals surface area contributed by atoms with Crippen molar-refractivity contribution >= 4 is 11.3 Å². The Morgan fingerprint density at radius 3 is 2.71 bits per heavy atom. The van der Waals surface area contributed by atoms with E-state index in [9.17, 15) is 0 Å². The molecule has 0 amide bonds. The Morgan fingerprint density at radius 1 is 1.14 bits per heavy atom. The first-order chi connectivity index (χ1) is 10.3. The lowest BCUT2D eigenvalue weighted by Crippen LogP contribution is -2.48. The smallest absolute Gasteiger partial charge is 0.0588 e. The average Bonchev–Trinajstić information content (AvgIpc) is 2.95. The van der Waals surface area contributed by atoms with Gasteiger partial charge in [-0.05, 0) is 43.2 Å². The summed E-state index contributed by atoms with van der Waals surface area (Å²) in [6.45, 7) is 8.20. The van der Waals surface area contributed by atoms with Gasteiger partial charge in [-0.15, -0.1) is 0 Å². The van der Waals surface area contributed by atoms with E-state index in [-0.39, 0.29) is 5.54 Å². The number of hydrogen-bond acceptors (Lipinski definition) is 1. The molecule has 1 nitrogen and oxygen atoms in total. The summed E-state index contributed by atoms with van der Waals surface area (Å²) in [5, 5.41) is 0. The van der Waals surface area contributed by atoms with Gasteiger partial charge in [0, 0.05) is 17.8 Å². The number of hydrogen-bond donors (Lipinski definition) is 0. The van der Waals surface area contributed by atoms with Gasteiger partial charge in [0.25, 0.3) is 0 Å². The van der Waals surface area contributed by atoms with Crippen LogP contribution >= 0.6 is 0 Å². The van der Waals surface area contributed by atoms with Crippen molar-refractivity contribution in [3.8, 4) is 0 Å². The minimum absolute atomic E-state index is 0.275. The summed E-state index contributed by atoms with van der Waals surface area (Å²) in [6.07, 6.45) is 11.5. The maximum Gasteiger partial charge on any atom is 0.0588 e. The zero-order valence-electron chi connectivity index (χ0n) is 13.9. The van der Waals surface area contributed by atoms with E-state index in [1.54, 1.807) is 16.8 Å². The van der Waals surface area contributed by atoms with Crippen molar-refractivity contribution in [2.75, 3.05) is 11.4 Å². The molecule has 0 bridgehead atoms. The summed E-state index contributed by atoms with van der Waals surface area (Å²) in [5.74, 6) is 0. The molecule has 2 aliphatic heterocycles. The van der Waals surface area contributed by atoms with Crippen molar-refractivity contribution in [3.63, 3.8) is 0 Å². The molecular weight excluding hydrogens is 254 g/mol. The summed E-state index contributed by atoms with van der Waals surface area (Å²) in [4.78, 5) is 2.73. The van der Waals surface area contributed by atoms with Gasteiger partial charge in [-0.25, -0.2) is 0 Å². The standard InChI is InChI=1S/C20H29N/c1-4-7-9-17-15-20(6-3,13-5-2)21-14-12-16-10-8-11-18(17)19(16)21/h8,10-11,15H,4-7,9,12-14H2,1-3H3. The van der Waals surface area contributed by atoms with Gasteiger partial charge in [0.1, 0.15) is 0 Å². The van der Waals surface area contributed by atoms with Crippen LogP contribution in [0.25, 0.3) is 5.57 Å². The second-order valence-electron chi connectivity index (χ2n) is 6.70. The van der Waals surface area contributed by atoms with E-state index in [1.807, 2.05) is 0 Å². The Morgan fingerprint density at radius 2 is 2.00 bits per heavy atom. The highest BCUT2D eigenvalue weighted by Crippen LogP contribution is 2.48. The van der Waals surface area contributed by atoms with E-state index in [0.717, 1.165) is 0 Å². The Balaban J connectivity index is 2.10. The number of allylic oxidation sites excluding steroid dienone is 1. The fourth-order valence-electron chi connectivity index (χ4n) is 4.32. The van der Waals surface area contributed by atoms with Crippen LogP contribution in [-0.4, -0.2) is 12.1 Å². The third-order valence-corrected chi connectivity index (χ3v) is 5.42. The fraction of sp³-hybridized carbons (Fsp3) is 0.600. The number of unbranched alkanes of at least 4 members (excludes halogenated alkanes) is 1. The number of rotatable bonds is 6. The zero-order valence-corrected chi connectivity index (χ0v) is 13.9. The normalized spacial score (nSPS) is 23.2. The van der Waals surface area contributed by atoms with E-state index >= 15 is 0 Å². The molecule has 1 aromatic carbocycles. The molecule has 1 aromatic rings. The molecule has 0 saturated heterocycles. The molecular formula is C20H29N. The summed E-state index contributed by atoms with van der Waals surface area (Å²) in [7, 11) is 0. The van der Waals surface area contributed by atoms with E-state index in [4.69, 9.17) is 0 Å². The van der Waals surface area contributed by atoms with Gasteiger partial charge in [-0.3, -0.25) is 0 Å². The highest BCUT2D eigenvalue weighted by molar-refractivity contribution is 5.85. The fourth-order valence-corrected chi connectivity index (χ4v) is 4.32. The van der Waals surface area contributed by atoms with Crippen molar-refractivity contribution < 1.29 is 0 Å². The minimum atomic E-state index is 0.275. The third kappa shape index (κ3) is 2.31. The molecule has 0 fully saturated rings. The van der Waals surface area contributed by atoms with E-state index in [2.05, 4.69) is 49.9 Å². The van der Waals surface area contributed by atoms with Crippen molar-refractivity contribution in [1.82, 2.24) is 0 Å². The lowest BCUT2D eigenvalue weighted by atomic mass is 9.80. The van der Waals surface area contributed by atoms with Crippen LogP contribution in [0.5, 0.6) is 0 Å². The van der Waals surface area contributed by atoms with Gasteiger partial charge in [0.15, 0.2) is 0 Å². The van der Waals surface area contributed by atoms with Crippen LogP contribution in [-0.2, 0) is 6.42 Å². The van der Waals surface area contributed by atoms with Crippen LogP contribution < -0.4 is 4.90 Å². The minimum Gasteiger partial charge on any atom is -0.361 e. The van der Waals surface area contributed by atoms with Gasteiger partial charge in [0.2, 0.25) is 0 Å². The van der Waals surface area contributed by atoms with Crippen molar-refractivity contribution in [3.05, 3.63) is 35.4 Å². The molecule has 2 aliphatic rings. The Kier molecular flexibility index (Phi) is 4.10. The lowest BCUT2D eigenvalue weighted by Gasteiger charge is -2.46. The van der Waals surface area contributed by atoms with Crippen molar-refractivity contribution in [2.24, 2.45) is 0 Å². The van der Waals surface area contributed by atoms with Crippen LogP contribution in [0.15, 0.2) is 24.3 Å². The van der Waals surface area contributed by atoms with Crippen LogP contribution in [0, 0.1) is 0 Å². The first kappa shape index (κ1) is 14.7. The van der Waals surface area contributed by atoms with Gasteiger partial charge >= 0.3 is 0 Å². The third-order valence-electron chi connectivity index (χ3n) is 5.42. The molecule has 0 aromatic heterocycles. The quantitative estimate of drug-likeness (QED) is 0.658. The molecule has 114 valence electrons. The number of anilines is 1. The molecule has 0 radical (unpaired) electrons. The molecule has 0 N–H and O–H groups in total. The number of nitrogens with zero attached hydrogens (tertiary/aromatic N) is 1. The van der Waals surface area contributed by atoms with Gasteiger partial charge in [-0.1, -0.05) is 57.9 Å². The van der Waals surface area contributed by atoms with E-state index in [1.165, 1.54) is 57.1 Å². The maximum absolute atomic E-state index is 2.73. The molecule has 0 aliphatic carbocycles. The maximum atomic E-state index is 2.73. The van der Waals surface area contributed by atoms with Gasteiger partial charge < -0.3 is 4.90 Å². The zero-order chi connectivity index (χ0) is 14.9. The molecule has 1 unspecified atom stereocenters. The second kappa shape index (κ2) is 5.87. The van der Waals surface area contributed by atoms with Crippen molar-refractivity contribution in [1.29, 1.82) is 0 Å². The van der Waals surface area contributed by atoms with Gasteiger partial charge in [0.05, 0.1) is 5.54 Å². The summed E-state index contributed by atoms with van der Waals surface area (Å²) in [5.41, 5.74) is 6.56. The van der Waals surface area contributed by atoms with Gasteiger partial charge in [-0.2, -0.15) is 0 Å². The monoisotopic (exact) mass is 283 g/mol. The molecule has 1 atom stereocenters. The van der Waals surface area contributed by atoms with Crippen LogP contribution in [0.3, 0.4) is 0 Å². The highest BCUT2D eigenvalue weighted by Gasteiger charge is 2.41. The molecule has 0 spiro atoms. The first-order valence-corrected chi connectivity index (χ1v) is 8.87. The van der Waals surface area contributed by atoms with Crippen molar-refractivity contribution in [2.45, 2.75) is 71.3 Å². The lowest BCUT2D eigenvalue weighted by molar-refractivity contribution is 0.424. The Bertz CT molecular complexity index is 543. The summed E-state index contributed by atoms with van der Waals surface area (Å²) < 4.78 is 0. The molecule has 1 heteroatoms. The van der Waals surface area contributed by atoms with Crippen LogP contribution in [0.2, 0.25) is 0 Å². The Hall–Kier alpha value is -1.24. The molecule has 0 saturated carbocycles. The molecule has 21 heavy (non-hydrogen) atoms. The van der Waals surface area contributed by atoms with Crippen LogP contribution in [0.4, 0.5) is 5.69 Å². The predicted molar refractivity (Wildman–Crippen MR) is 92.9 cm³/mol. The van der Waals surface area contributed by atoms with Crippen LogP contribution in [0.1, 0.15) is 70.4 Å². The highest BCUT2D eigenvalue weighted by atomic mass is 15.2. The van der Waals surface area contributed by atoms with E-state index in [0.29, 0.717) is 0 Å². The second-order valence-corrected chi connectivity index (χ2v) is 6.70. The number of benzene rings is 1. The topological polar surface area (TPSA) is 3.24 Å². The summed E-state index contributed by atoms with van der Waals surface area (Å²) >= 11 is 0. The molecule has 2 heterocycles. The largest absolute Gasteiger partial charge is 0.361 e. The first-order valence-electron chi connectivity index (χ1n) is 8.87. The van der Waals surface area contributed by atoms with E-state index < -0.39 is 0 Å². The SMILES string of the molecule is CCCCC1=CC(CC)(CCC)N2CCc3cccc1c32. The molecule has 3 rings (SSSR count). The Labute approximate surface area is 130 Å². The number of para-hydroxylation sites is 1. The average molecular weight is 283 g/mol.